The maximum atomic E-state index is 13.0. The van der Waals surface area contributed by atoms with Gasteiger partial charge in [-0.1, -0.05) is 35.5 Å². The van der Waals surface area contributed by atoms with Crippen molar-refractivity contribution in [3.05, 3.63) is 58.9 Å². The Labute approximate surface area is 152 Å². The average Bonchev–Trinajstić information content (AvgIpc) is 3.04. The normalized spacial score (nSPS) is 10.7. The first-order chi connectivity index (χ1) is 12.0. The molecule has 2 aromatic carbocycles. The quantitative estimate of drug-likeness (QED) is 0.689. The van der Waals surface area contributed by atoms with Gasteiger partial charge in [-0.25, -0.2) is 4.39 Å². The zero-order chi connectivity index (χ0) is 17.8. The summed E-state index contributed by atoms with van der Waals surface area (Å²) in [4.78, 5) is 12.1. The summed E-state index contributed by atoms with van der Waals surface area (Å²) >= 11 is 7.08. The fraction of sp³-hybridized carbons (Fsp3) is 0.125. The molecule has 0 aliphatic heterocycles. The Morgan fingerprint density at radius 2 is 2.16 bits per heavy atom. The largest absolute Gasteiger partial charge is 0.324 e. The van der Waals surface area contributed by atoms with Crippen molar-refractivity contribution in [3.63, 3.8) is 0 Å². The number of hydrogen-bond donors (Lipinski definition) is 1. The number of nitrogens with one attached hydrogen (secondary N) is 1. The molecule has 1 aromatic heterocycles. The average molecular weight is 378 g/mol. The molecule has 1 heterocycles. The molecule has 0 unspecified atom stereocenters. The van der Waals surface area contributed by atoms with E-state index in [1.807, 2.05) is 31.2 Å². The van der Waals surface area contributed by atoms with Crippen molar-refractivity contribution in [2.45, 2.75) is 12.1 Å². The van der Waals surface area contributed by atoms with Crippen LogP contribution in [0.4, 0.5) is 10.1 Å². The van der Waals surface area contributed by atoms with Gasteiger partial charge in [0.05, 0.1) is 22.2 Å². The molecule has 3 rings (SSSR count). The molecule has 0 aliphatic carbocycles. The van der Waals surface area contributed by atoms with Crippen LogP contribution in [0, 0.1) is 12.7 Å². The minimum atomic E-state index is -0.463. The molecule has 0 saturated heterocycles. The van der Waals surface area contributed by atoms with Gasteiger partial charge in [-0.3, -0.25) is 4.79 Å². The number of tetrazole rings is 1. The summed E-state index contributed by atoms with van der Waals surface area (Å²) in [6, 6.07) is 11.5. The standard InChI is InChI=1S/C16H13ClFN5OS/c1-10-3-2-4-12(7-10)23-16(20-21-22-23)25-9-15(24)19-14-6-5-11(18)8-13(14)17/h2-8H,9H2,1H3,(H,19,24). The number of halogens is 2. The molecule has 3 aromatic rings. The van der Waals surface area contributed by atoms with Crippen LogP contribution in [-0.4, -0.2) is 31.9 Å². The van der Waals surface area contributed by atoms with E-state index in [9.17, 15) is 9.18 Å². The summed E-state index contributed by atoms with van der Waals surface area (Å²) in [7, 11) is 0. The van der Waals surface area contributed by atoms with E-state index in [0.29, 0.717) is 10.8 Å². The number of aryl methyl sites for hydroxylation is 1. The van der Waals surface area contributed by atoms with Crippen LogP contribution in [0.5, 0.6) is 0 Å². The highest BCUT2D eigenvalue weighted by Gasteiger charge is 2.13. The molecule has 0 radical (unpaired) electrons. The van der Waals surface area contributed by atoms with Gasteiger partial charge in [-0.15, -0.1) is 5.10 Å². The van der Waals surface area contributed by atoms with Crippen molar-refractivity contribution in [1.82, 2.24) is 20.2 Å². The third-order valence-corrected chi connectivity index (χ3v) is 4.46. The first kappa shape index (κ1) is 17.4. The minimum absolute atomic E-state index is 0.0832. The van der Waals surface area contributed by atoms with Gasteiger partial charge in [0.15, 0.2) is 0 Å². The van der Waals surface area contributed by atoms with Gasteiger partial charge < -0.3 is 5.32 Å². The lowest BCUT2D eigenvalue weighted by molar-refractivity contribution is -0.113. The molecular formula is C16H13ClFN5OS. The lowest BCUT2D eigenvalue weighted by Gasteiger charge is -2.07. The van der Waals surface area contributed by atoms with Crippen molar-refractivity contribution in [2.24, 2.45) is 0 Å². The molecule has 0 bridgehead atoms. The molecule has 0 spiro atoms. The molecule has 0 aliphatic rings. The summed E-state index contributed by atoms with van der Waals surface area (Å²) in [6.45, 7) is 1.97. The Morgan fingerprint density at radius 1 is 1.32 bits per heavy atom. The van der Waals surface area contributed by atoms with Crippen LogP contribution < -0.4 is 5.32 Å². The van der Waals surface area contributed by atoms with Gasteiger partial charge in [0.2, 0.25) is 11.1 Å². The van der Waals surface area contributed by atoms with Crippen molar-refractivity contribution in [2.75, 3.05) is 11.1 Å². The molecule has 1 amide bonds. The number of rotatable bonds is 5. The van der Waals surface area contributed by atoms with E-state index in [0.717, 1.165) is 17.3 Å². The van der Waals surface area contributed by atoms with Gasteiger partial charge in [-0.2, -0.15) is 4.68 Å². The predicted molar refractivity (Wildman–Crippen MR) is 94.7 cm³/mol. The maximum absolute atomic E-state index is 13.0. The van der Waals surface area contributed by atoms with E-state index in [1.54, 1.807) is 4.68 Å². The van der Waals surface area contributed by atoms with Gasteiger partial charge >= 0.3 is 0 Å². The molecule has 1 N–H and O–H groups in total. The number of aromatic nitrogens is 4. The van der Waals surface area contributed by atoms with E-state index in [-0.39, 0.29) is 16.7 Å². The van der Waals surface area contributed by atoms with Crippen LogP contribution >= 0.6 is 23.4 Å². The SMILES string of the molecule is Cc1cccc(-n2nnnc2SCC(=O)Nc2ccc(F)cc2Cl)c1. The van der Waals surface area contributed by atoms with Crippen LogP contribution in [0.1, 0.15) is 5.56 Å². The smallest absolute Gasteiger partial charge is 0.234 e. The first-order valence-corrected chi connectivity index (χ1v) is 8.62. The molecule has 0 saturated carbocycles. The predicted octanol–water partition coefficient (Wildman–Crippen LogP) is 3.49. The second kappa shape index (κ2) is 7.62. The summed E-state index contributed by atoms with van der Waals surface area (Å²) in [5.74, 6) is -0.674. The van der Waals surface area contributed by atoms with Crippen LogP contribution in [0.2, 0.25) is 5.02 Å². The molecule has 6 nitrogen and oxygen atoms in total. The van der Waals surface area contributed by atoms with Gasteiger partial charge in [0.25, 0.3) is 0 Å². The Morgan fingerprint density at radius 3 is 2.92 bits per heavy atom. The third-order valence-electron chi connectivity index (χ3n) is 3.22. The summed E-state index contributed by atoms with van der Waals surface area (Å²) < 4.78 is 14.6. The molecule has 0 fully saturated rings. The topological polar surface area (TPSA) is 72.7 Å². The monoisotopic (exact) mass is 377 g/mol. The van der Waals surface area contributed by atoms with E-state index in [4.69, 9.17) is 11.6 Å². The molecule has 0 atom stereocenters. The lowest BCUT2D eigenvalue weighted by atomic mass is 10.2. The second-order valence-electron chi connectivity index (χ2n) is 5.17. The van der Waals surface area contributed by atoms with Gasteiger partial charge in [0, 0.05) is 0 Å². The molecular weight excluding hydrogens is 365 g/mol. The third kappa shape index (κ3) is 4.34. The van der Waals surface area contributed by atoms with Crippen molar-refractivity contribution < 1.29 is 9.18 Å². The fourth-order valence-electron chi connectivity index (χ4n) is 2.10. The van der Waals surface area contributed by atoms with Crippen molar-refractivity contribution >= 4 is 35.0 Å². The zero-order valence-corrected chi connectivity index (χ0v) is 14.7. The second-order valence-corrected chi connectivity index (χ2v) is 6.52. The van der Waals surface area contributed by atoms with E-state index in [2.05, 4.69) is 20.8 Å². The Bertz CT molecular complexity index is 917. The Kier molecular flexibility index (Phi) is 5.30. The summed E-state index contributed by atoms with van der Waals surface area (Å²) in [5.41, 5.74) is 2.24. The molecule has 25 heavy (non-hydrogen) atoms. The Balaban J connectivity index is 1.66. The highest BCUT2D eigenvalue weighted by molar-refractivity contribution is 7.99. The van der Waals surface area contributed by atoms with Crippen molar-refractivity contribution in [3.8, 4) is 5.69 Å². The number of nitrogens with zero attached hydrogens (tertiary/aromatic N) is 4. The number of benzene rings is 2. The van der Waals surface area contributed by atoms with Crippen LogP contribution in [0.25, 0.3) is 5.69 Å². The zero-order valence-electron chi connectivity index (χ0n) is 13.1. The van der Waals surface area contributed by atoms with Crippen molar-refractivity contribution in [1.29, 1.82) is 0 Å². The lowest BCUT2D eigenvalue weighted by Crippen LogP contribution is -2.15. The number of anilines is 1. The highest BCUT2D eigenvalue weighted by Crippen LogP contribution is 2.23. The molecule has 9 heteroatoms. The first-order valence-electron chi connectivity index (χ1n) is 7.26. The molecule has 128 valence electrons. The maximum Gasteiger partial charge on any atom is 0.234 e. The number of carbonyl (C=O) groups excluding carboxylic acids is 1. The Hall–Kier alpha value is -2.45. The highest BCUT2D eigenvalue weighted by atomic mass is 35.5. The van der Waals surface area contributed by atoms with Gasteiger partial charge in [0.1, 0.15) is 5.82 Å². The fourth-order valence-corrected chi connectivity index (χ4v) is 3.00. The number of thioether (sulfide) groups is 1. The number of carbonyl (C=O) groups is 1. The van der Waals surface area contributed by atoms with E-state index < -0.39 is 5.82 Å². The number of amides is 1. The summed E-state index contributed by atoms with van der Waals surface area (Å²) in [5, 5.41) is 14.8. The van der Waals surface area contributed by atoms with Gasteiger partial charge in [-0.05, 0) is 53.2 Å². The number of hydrogen-bond acceptors (Lipinski definition) is 5. The van der Waals surface area contributed by atoms with Crippen LogP contribution in [-0.2, 0) is 4.79 Å². The van der Waals surface area contributed by atoms with E-state index in [1.165, 1.54) is 23.9 Å². The minimum Gasteiger partial charge on any atom is -0.324 e. The van der Waals surface area contributed by atoms with E-state index >= 15 is 0 Å². The van der Waals surface area contributed by atoms with Crippen LogP contribution in [0.3, 0.4) is 0 Å². The van der Waals surface area contributed by atoms with Crippen LogP contribution in [0.15, 0.2) is 47.6 Å². The summed E-state index contributed by atoms with van der Waals surface area (Å²) in [6.07, 6.45) is 0.